The lowest BCUT2D eigenvalue weighted by Gasteiger charge is -2.16. The van der Waals surface area contributed by atoms with Gasteiger partial charge in [0.25, 0.3) is 0 Å². The highest BCUT2D eigenvalue weighted by Gasteiger charge is 2.16. The van der Waals surface area contributed by atoms with Crippen LogP contribution in [0.1, 0.15) is 31.3 Å². The fourth-order valence-electron chi connectivity index (χ4n) is 1.82. The standard InChI is InChI=1S/C12H13Cl2N3/c1-3-11-15-16-12(14)17(11)8(2)9-4-6-10(13)7-5-9/h4-8H,3H2,1-2H3. The van der Waals surface area contributed by atoms with E-state index >= 15 is 0 Å². The predicted molar refractivity (Wildman–Crippen MR) is 69.7 cm³/mol. The van der Waals surface area contributed by atoms with E-state index in [0.29, 0.717) is 5.28 Å². The zero-order valence-corrected chi connectivity index (χ0v) is 11.2. The van der Waals surface area contributed by atoms with Gasteiger partial charge in [-0.1, -0.05) is 30.7 Å². The number of nitrogens with zero attached hydrogens (tertiary/aromatic N) is 3. The monoisotopic (exact) mass is 269 g/mol. The molecule has 0 aliphatic heterocycles. The molecule has 17 heavy (non-hydrogen) atoms. The van der Waals surface area contributed by atoms with E-state index in [1.54, 1.807) is 0 Å². The molecule has 0 amide bonds. The van der Waals surface area contributed by atoms with E-state index in [4.69, 9.17) is 23.2 Å². The Morgan fingerprint density at radius 2 is 1.82 bits per heavy atom. The van der Waals surface area contributed by atoms with E-state index in [-0.39, 0.29) is 6.04 Å². The summed E-state index contributed by atoms with van der Waals surface area (Å²) in [7, 11) is 0. The van der Waals surface area contributed by atoms with Crippen LogP contribution in [-0.2, 0) is 6.42 Å². The zero-order chi connectivity index (χ0) is 12.4. The van der Waals surface area contributed by atoms with Crippen LogP contribution in [0.5, 0.6) is 0 Å². The first-order chi connectivity index (χ1) is 8.13. The second kappa shape index (κ2) is 5.07. The minimum atomic E-state index is 0.102. The van der Waals surface area contributed by atoms with Crippen molar-refractivity contribution in [3.63, 3.8) is 0 Å². The van der Waals surface area contributed by atoms with Gasteiger partial charge in [0.2, 0.25) is 5.28 Å². The number of rotatable bonds is 3. The Morgan fingerprint density at radius 1 is 1.18 bits per heavy atom. The maximum absolute atomic E-state index is 6.06. The number of aryl methyl sites for hydroxylation is 1. The summed E-state index contributed by atoms with van der Waals surface area (Å²) >= 11 is 11.9. The van der Waals surface area contributed by atoms with Crippen molar-refractivity contribution in [1.82, 2.24) is 14.8 Å². The van der Waals surface area contributed by atoms with Crippen LogP contribution in [0.2, 0.25) is 10.3 Å². The van der Waals surface area contributed by atoms with Crippen molar-refractivity contribution in [1.29, 1.82) is 0 Å². The highest BCUT2D eigenvalue weighted by atomic mass is 35.5. The summed E-state index contributed by atoms with van der Waals surface area (Å²) in [5.41, 5.74) is 1.13. The molecule has 1 aromatic heterocycles. The van der Waals surface area contributed by atoms with Crippen molar-refractivity contribution < 1.29 is 0 Å². The van der Waals surface area contributed by atoms with Crippen molar-refractivity contribution >= 4 is 23.2 Å². The van der Waals surface area contributed by atoms with Crippen LogP contribution in [0.25, 0.3) is 0 Å². The van der Waals surface area contributed by atoms with E-state index in [2.05, 4.69) is 17.1 Å². The molecule has 0 saturated heterocycles. The molecule has 0 N–H and O–H groups in total. The van der Waals surface area contributed by atoms with E-state index in [9.17, 15) is 0 Å². The molecule has 0 aliphatic carbocycles. The van der Waals surface area contributed by atoms with Crippen LogP contribution >= 0.6 is 23.2 Å². The molecule has 3 nitrogen and oxygen atoms in total. The van der Waals surface area contributed by atoms with E-state index in [0.717, 1.165) is 22.8 Å². The Balaban J connectivity index is 2.39. The lowest BCUT2D eigenvalue weighted by atomic mass is 10.1. The smallest absolute Gasteiger partial charge is 0.225 e. The van der Waals surface area contributed by atoms with Crippen LogP contribution in [0.4, 0.5) is 0 Å². The minimum absolute atomic E-state index is 0.102. The molecule has 2 rings (SSSR count). The van der Waals surface area contributed by atoms with Gasteiger partial charge in [0.15, 0.2) is 0 Å². The number of aromatic nitrogens is 3. The summed E-state index contributed by atoms with van der Waals surface area (Å²) in [5, 5.41) is 9.11. The molecule has 1 unspecified atom stereocenters. The van der Waals surface area contributed by atoms with Gasteiger partial charge in [-0.3, -0.25) is 4.57 Å². The molecule has 1 atom stereocenters. The molecule has 90 valence electrons. The molecular formula is C12H13Cl2N3. The summed E-state index contributed by atoms with van der Waals surface area (Å²) in [4.78, 5) is 0. The number of benzene rings is 1. The first-order valence-corrected chi connectivity index (χ1v) is 6.23. The molecule has 0 aliphatic rings. The van der Waals surface area contributed by atoms with Crippen LogP contribution in [0, 0.1) is 0 Å². The Hall–Kier alpha value is -1.06. The molecule has 1 heterocycles. The molecule has 0 bridgehead atoms. The Kier molecular flexibility index (Phi) is 3.69. The summed E-state index contributed by atoms with van der Waals surface area (Å²) in [6.07, 6.45) is 0.803. The summed E-state index contributed by atoms with van der Waals surface area (Å²) in [6, 6.07) is 7.82. The summed E-state index contributed by atoms with van der Waals surface area (Å²) in [6.45, 7) is 4.10. The minimum Gasteiger partial charge on any atom is -0.294 e. The maximum Gasteiger partial charge on any atom is 0.225 e. The third-order valence-corrected chi connectivity index (χ3v) is 3.29. The quantitative estimate of drug-likeness (QED) is 0.850. The van der Waals surface area contributed by atoms with Gasteiger partial charge in [-0.2, -0.15) is 0 Å². The molecular weight excluding hydrogens is 257 g/mol. The molecule has 5 heteroatoms. The first kappa shape index (κ1) is 12.4. The zero-order valence-electron chi connectivity index (χ0n) is 9.69. The van der Waals surface area contributed by atoms with E-state index < -0.39 is 0 Å². The Morgan fingerprint density at radius 3 is 2.41 bits per heavy atom. The second-order valence-electron chi connectivity index (χ2n) is 3.84. The van der Waals surface area contributed by atoms with Gasteiger partial charge in [-0.15, -0.1) is 10.2 Å². The Labute approximate surface area is 110 Å². The molecule has 0 fully saturated rings. The predicted octanol–water partition coefficient (Wildman–Crippen LogP) is 3.76. The van der Waals surface area contributed by atoms with Crippen molar-refractivity contribution in [3.05, 3.63) is 46.0 Å². The normalized spacial score (nSPS) is 12.7. The summed E-state index contributed by atoms with van der Waals surface area (Å²) < 4.78 is 1.94. The average Bonchev–Trinajstić information content (AvgIpc) is 2.70. The van der Waals surface area contributed by atoms with Gasteiger partial charge in [0.1, 0.15) is 5.82 Å². The Bertz CT molecular complexity index is 505. The van der Waals surface area contributed by atoms with Gasteiger partial charge >= 0.3 is 0 Å². The fourth-order valence-corrected chi connectivity index (χ4v) is 2.22. The van der Waals surface area contributed by atoms with E-state index in [1.165, 1.54) is 0 Å². The van der Waals surface area contributed by atoms with Gasteiger partial charge in [-0.25, -0.2) is 0 Å². The largest absolute Gasteiger partial charge is 0.294 e. The van der Waals surface area contributed by atoms with Crippen molar-refractivity contribution in [2.75, 3.05) is 0 Å². The van der Waals surface area contributed by atoms with Crippen molar-refractivity contribution in [2.45, 2.75) is 26.3 Å². The topological polar surface area (TPSA) is 30.7 Å². The lowest BCUT2D eigenvalue weighted by molar-refractivity contribution is 0.606. The number of hydrogen-bond donors (Lipinski definition) is 0. The molecule has 1 aromatic carbocycles. The average molecular weight is 270 g/mol. The molecule has 0 radical (unpaired) electrons. The van der Waals surface area contributed by atoms with Gasteiger partial charge in [-0.05, 0) is 36.2 Å². The second-order valence-corrected chi connectivity index (χ2v) is 4.61. The first-order valence-electron chi connectivity index (χ1n) is 5.48. The number of hydrogen-bond acceptors (Lipinski definition) is 2. The van der Waals surface area contributed by atoms with Crippen LogP contribution in [0.15, 0.2) is 24.3 Å². The molecule has 0 saturated carbocycles. The molecule has 0 spiro atoms. The third-order valence-electron chi connectivity index (χ3n) is 2.78. The van der Waals surface area contributed by atoms with Gasteiger partial charge in [0.05, 0.1) is 6.04 Å². The highest BCUT2D eigenvalue weighted by molar-refractivity contribution is 6.30. The van der Waals surface area contributed by atoms with E-state index in [1.807, 2.05) is 35.8 Å². The fraction of sp³-hybridized carbons (Fsp3) is 0.333. The van der Waals surface area contributed by atoms with Crippen LogP contribution < -0.4 is 0 Å². The van der Waals surface area contributed by atoms with Crippen LogP contribution in [-0.4, -0.2) is 14.8 Å². The van der Waals surface area contributed by atoms with Crippen molar-refractivity contribution in [2.24, 2.45) is 0 Å². The lowest BCUT2D eigenvalue weighted by Crippen LogP contribution is -2.10. The van der Waals surface area contributed by atoms with Crippen LogP contribution in [0.3, 0.4) is 0 Å². The van der Waals surface area contributed by atoms with Crippen molar-refractivity contribution in [3.8, 4) is 0 Å². The maximum atomic E-state index is 6.06. The molecule has 2 aromatic rings. The third kappa shape index (κ3) is 2.45. The van der Waals surface area contributed by atoms with Gasteiger partial charge < -0.3 is 0 Å². The number of halogens is 2. The van der Waals surface area contributed by atoms with Gasteiger partial charge in [0, 0.05) is 11.4 Å². The SMILES string of the molecule is CCc1nnc(Cl)n1C(C)c1ccc(Cl)cc1. The highest BCUT2D eigenvalue weighted by Crippen LogP contribution is 2.24. The summed E-state index contributed by atoms with van der Waals surface area (Å²) in [5.74, 6) is 0.887.